The van der Waals surface area contributed by atoms with E-state index in [0.717, 1.165) is 5.69 Å². The molecule has 3 aromatic carbocycles. The molecule has 0 aromatic heterocycles. The highest BCUT2D eigenvalue weighted by molar-refractivity contribution is 5.99. The highest BCUT2D eigenvalue weighted by Crippen LogP contribution is 2.24. The Morgan fingerprint density at radius 1 is 0.579 bits per heavy atom. The summed E-state index contributed by atoms with van der Waals surface area (Å²) in [6.07, 6.45) is 0. The molecule has 0 saturated heterocycles. The fourth-order valence-electron chi connectivity index (χ4n) is 1.96. The Morgan fingerprint density at radius 3 is 1.63 bits per heavy atom. The number of nitrogen functional groups attached to an aromatic ring is 1. The maximum absolute atomic E-state index is 5.77. The second-order valence-electron chi connectivity index (χ2n) is 3.81. The van der Waals surface area contributed by atoms with Gasteiger partial charge in [0.1, 0.15) is 0 Å². The Hall–Kier alpha value is -2.02. The molecule has 0 amide bonds. The number of anilines is 1. The van der Waals surface area contributed by atoms with E-state index in [2.05, 4.69) is 42.5 Å². The molecule has 1 heteroatoms. The third-order valence-corrected chi connectivity index (χ3v) is 2.73. The van der Waals surface area contributed by atoms with Gasteiger partial charge in [-0.05, 0) is 45.8 Å². The van der Waals surface area contributed by atoms with Crippen LogP contribution in [0, 0.1) is 0 Å². The lowest BCUT2D eigenvalue weighted by Gasteiger charge is -2.02. The summed E-state index contributed by atoms with van der Waals surface area (Å²) in [7, 11) is 0. The number of nitrogens with two attached hydrogens (primary N) is 1. The molecule has 0 aliphatic heterocycles. The number of hydrogen-bond acceptors (Lipinski definition) is 1. The zero-order chi connectivity index (χ0) is 14.3. The molecule has 0 aliphatic carbocycles. The van der Waals surface area contributed by atoms with Crippen molar-refractivity contribution in [1.29, 1.82) is 0 Å². The lowest BCUT2D eigenvalue weighted by atomic mass is 10.0. The van der Waals surface area contributed by atoms with Crippen LogP contribution >= 0.6 is 0 Å². The summed E-state index contributed by atoms with van der Waals surface area (Å²) >= 11 is 0. The molecule has 0 spiro atoms. The molecule has 0 saturated carbocycles. The molecule has 3 rings (SSSR count). The second-order valence-corrected chi connectivity index (χ2v) is 3.81. The molecule has 2 N–H and O–H groups in total. The normalized spacial score (nSPS) is 9.26. The van der Waals surface area contributed by atoms with Gasteiger partial charge in [-0.2, -0.15) is 0 Å². The minimum Gasteiger partial charge on any atom is -0.399 e. The maximum Gasteiger partial charge on any atom is 0.0320 e. The molecule has 0 bridgehead atoms. The first-order valence-electron chi connectivity index (χ1n) is 7.01. The molecule has 19 heavy (non-hydrogen) atoms. The van der Waals surface area contributed by atoms with Gasteiger partial charge in [-0.25, -0.2) is 0 Å². The fourth-order valence-corrected chi connectivity index (χ4v) is 1.96. The van der Waals surface area contributed by atoms with Gasteiger partial charge in [0.25, 0.3) is 0 Å². The summed E-state index contributed by atoms with van der Waals surface area (Å²) in [6.45, 7) is 8.00. The smallest absolute Gasteiger partial charge is 0.0320 e. The van der Waals surface area contributed by atoms with Crippen molar-refractivity contribution in [2.45, 2.75) is 27.7 Å². The van der Waals surface area contributed by atoms with Crippen LogP contribution in [-0.2, 0) is 0 Å². The summed E-state index contributed by atoms with van der Waals surface area (Å²) in [5, 5.41) is 4.97. The van der Waals surface area contributed by atoms with Crippen molar-refractivity contribution >= 4 is 27.2 Å². The summed E-state index contributed by atoms with van der Waals surface area (Å²) < 4.78 is 0. The first kappa shape index (κ1) is 15.0. The van der Waals surface area contributed by atoms with Crippen molar-refractivity contribution in [2.75, 3.05) is 5.73 Å². The van der Waals surface area contributed by atoms with E-state index in [-0.39, 0.29) is 0 Å². The van der Waals surface area contributed by atoms with Crippen LogP contribution in [0.15, 0.2) is 54.6 Å². The van der Waals surface area contributed by atoms with Crippen LogP contribution in [0.3, 0.4) is 0 Å². The summed E-state index contributed by atoms with van der Waals surface area (Å²) in [5.74, 6) is 0. The van der Waals surface area contributed by atoms with E-state index in [1.807, 2.05) is 39.8 Å². The monoisotopic (exact) mass is 253 g/mol. The largest absolute Gasteiger partial charge is 0.399 e. The van der Waals surface area contributed by atoms with Crippen molar-refractivity contribution in [3.63, 3.8) is 0 Å². The molecule has 0 radical (unpaired) electrons. The van der Waals surface area contributed by atoms with Gasteiger partial charge < -0.3 is 5.73 Å². The van der Waals surface area contributed by atoms with Gasteiger partial charge in [0.15, 0.2) is 0 Å². The van der Waals surface area contributed by atoms with E-state index in [4.69, 9.17) is 5.73 Å². The van der Waals surface area contributed by atoms with Crippen LogP contribution in [0.25, 0.3) is 21.5 Å². The zero-order valence-corrected chi connectivity index (χ0v) is 12.3. The molecular weight excluding hydrogens is 230 g/mol. The highest BCUT2D eigenvalue weighted by atomic mass is 14.5. The average molecular weight is 253 g/mol. The first-order chi connectivity index (χ1) is 9.33. The van der Waals surface area contributed by atoms with Gasteiger partial charge in [0.05, 0.1) is 0 Å². The lowest BCUT2D eigenvalue weighted by molar-refractivity contribution is 1.50. The van der Waals surface area contributed by atoms with Crippen LogP contribution < -0.4 is 5.73 Å². The van der Waals surface area contributed by atoms with E-state index in [1.165, 1.54) is 21.5 Å². The van der Waals surface area contributed by atoms with E-state index >= 15 is 0 Å². The Labute approximate surface area is 116 Å². The number of rotatable bonds is 0. The SMILES string of the molecule is CC.CC.Nc1ccc2cc3ccccc3cc2c1. The van der Waals surface area contributed by atoms with Crippen molar-refractivity contribution in [2.24, 2.45) is 0 Å². The Balaban J connectivity index is 0.000000415. The van der Waals surface area contributed by atoms with E-state index in [0.29, 0.717) is 0 Å². The van der Waals surface area contributed by atoms with Gasteiger partial charge in [-0.3, -0.25) is 0 Å². The predicted molar refractivity (Wildman–Crippen MR) is 88.6 cm³/mol. The van der Waals surface area contributed by atoms with Crippen LogP contribution in [0.2, 0.25) is 0 Å². The highest BCUT2D eigenvalue weighted by Gasteiger charge is 1.97. The average Bonchev–Trinajstić information content (AvgIpc) is 2.49. The second kappa shape index (κ2) is 7.42. The molecule has 0 fully saturated rings. The van der Waals surface area contributed by atoms with E-state index in [1.54, 1.807) is 0 Å². The van der Waals surface area contributed by atoms with E-state index in [9.17, 15) is 0 Å². The summed E-state index contributed by atoms with van der Waals surface area (Å²) in [6, 6.07) is 18.8. The molecule has 100 valence electrons. The van der Waals surface area contributed by atoms with Crippen LogP contribution in [0.4, 0.5) is 5.69 Å². The first-order valence-corrected chi connectivity index (χ1v) is 7.01. The molecular formula is C18H23N. The Bertz CT molecular complexity index is 641. The van der Waals surface area contributed by atoms with E-state index < -0.39 is 0 Å². The number of hydrogen-bond donors (Lipinski definition) is 1. The van der Waals surface area contributed by atoms with Crippen LogP contribution in [0.5, 0.6) is 0 Å². The Morgan fingerprint density at radius 2 is 1.05 bits per heavy atom. The maximum atomic E-state index is 5.77. The van der Waals surface area contributed by atoms with Crippen molar-refractivity contribution < 1.29 is 0 Å². The van der Waals surface area contributed by atoms with Crippen molar-refractivity contribution in [3.8, 4) is 0 Å². The topological polar surface area (TPSA) is 26.0 Å². The summed E-state index contributed by atoms with van der Waals surface area (Å²) in [4.78, 5) is 0. The predicted octanol–water partition coefficient (Wildman–Crippen LogP) is 5.63. The van der Waals surface area contributed by atoms with Gasteiger partial charge in [0, 0.05) is 5.69 Å². The molecule has 3 aromatic rings. The molecule has 0 heterocycles. The zero-order valence-electron chi connectivity index (χ0n) is 12.3. The molecule has 0 unspecified atom stereocenters. The fraction of sp³-hybridized carbons (Fsp3) is 0.222. The van der Waals surface area contributed by atoms with Crippen molar-refractivity contribution in [1.82, 2.24) is 0 Å². The molecule has 0 atom stereocenters. The third-order valence-electron chi connectivity index (χ3n) is 2.73. The quantitative estimate of drug-likeness (QED) is 0.408. The summed E-state index contributed by atoms with van der Waals surface area (Å²) in [5.41, 5.74) is 6.59. The minimum atomic E-state index is 0.817. The Kier molecular flexibility index (Phi) is 5.87. The van der Waals surface area contributed by atoms with Gasteiger partial charge in [0.2, 0.25) is 0 Å². The van der Waals surface area contributed by atoms with Crippen molar-refractivity contribution in [3.05, 3.63) is 54.6 Å². The number of benzene rings is 3. The standard InChI is InChI=1S/C14H11N.2C2H6/c15-14-6-5-12-7-10-3-1-2-4-11(10)8-13(12)9-14;2*1-2/h1-9H,15H2;2*1-2H3. The van der Waals surface area contributed by atoms with Gasteiger partial charge >= 0.3 is 0 Å². The van der Waals surface area contributed by atoms with Gasteiger partial charge in [-0.1, -0.05) is 58.0 Å². The number of fused-ring (bicyclic) bond motifs is 2. The minimum absolute atomic E-state index is 0.817. The molecule has 0 aliphatic rings. The lowest BCUT2D eigenvalue weighted by Crippen LogP contribution is -1.83. The molecule has 1 nitrogen and oxygen atoms in total. The van der Waals surface area contributed by atoms with Crippen LogP contribution in [0.1, 0.15) is 27.7 Å². The third kappa shape index (κ3) is 3.47. The van der Waals surface area contributed by atoms with Gasteiger partial charge in [-0.15, -0.1) is 0 Å². The van der Waals surface area contributed by atoms with Crippen LogP contribution in [-0.4, -0.2) is 0 Å².